The van der Waals surface area contributed by atoms with E-state index in [4.69, 9.17) is 11.6 Å². The molecule has 0 atom stereocenters. The zero-order valence-corrected chi connectivity index (χ0v) is 11.6. The number of hydrogen-bond acceptors (Lipinski definition) is 7. The van der Waals surface area contributed by atoms with Crippen molar-refractivity contribution in [1.82, 2.24) is 19.9 Å². The van der Waals surface area contributed by atoms with E-state index >= 15 is 0 Å². The molecule has 0 saturated heterocycles. The predicted octanol–water partition coefficient (Wildman–Crippen LogP) is 1.99. The molecule has 2 heterocycles. The minimum absolute atomic E-state index is 0.168. The van der Waals surface area contributed by atoms with Crippen LogP contribution in [0.15, 0.2) is 5.38 Å². The summed E-state index contributed by atoms with van der Waals surface area (Å²) < 4.78 is 0. The molecule has 18 heavy (non-hydrogen) atoms. The van der Waals surface area contributed by atoms with Crippen LogP contribution in [0.3, 0.4) is 0 Å². The number of hydrogen-bond donors (Lipinski definition) is 2. The molecule has 0 fully saturated rings. The Labute approximate surface area is 114 Å². The van der Waals surface area contributed by atoms with Gasteiger partial charge in [-0.1, -0.05) is 0 Å². The molecule has 0 aliphatic rings. The number of nitrogens with one attached hydrogen (secondary N) is 2. The second kappa shape index (κ2) is 5.92. The first kappa shape index (κ1) is 13.0. The van der Waals surface area contributed by atoms with Crippen molar-refractivity contribution in [3.8, 4) is 0 Å². The topological polar surface area (TPSA) is 75.6 Å². The quantitative estimate of drug-likeness (QED) is 0.874. The molecule has 0 bridgehead atoms. The summed E-state index contributed by atoms with van der Waals surface area (Å²) in [5.41, 5.74) is 1.05. The summed E-state index contributed by atoms with van der Waals surface area (Å²) in [5, 5.41) is 9.22. The molecule has 0 aromatic carbocycles. The van der Waals surface area contributed by atoms with E-state index in [9.17, 15) is 0 Å². The van der Waals surface area contributed by atoms with Crippen LogP contribution in [-0.2, 0) is 6.42 Å². The van der Waals surface area contributed by atoms with Crippen molar-refractivity contribution in [2.45, 2.75) is 13.3 Å². The van der Waals surface area contributed by atoms with E-state index in [1.165, 1.54) is 0 Å². The fraction of sp³-hybridized carbons (Fsp3) is 0.400. The van der Waals surface area contributed by atoms with E-state index < -0.39 is 0 Å². The highest BCUT2D eigenvalue weighted by atomic mass is 35.5. The summed E-state index contributed by atoms with van der Waals surface area (Å²) in [5.74, 6) is 0.912. The molecule has 8 heteroatoms. The maximum atomic E-state index is 5.78. The van der Waals surface area contributed by atoms with Crippen LogP contribution in [0.2, 0.25) is 5.28 Å². The number of nitrogens with zero attached hydrogens (tertiary/aromatic N) is 4. The van der Waals surface area contributed by atoms with Crippen molar-refractivity contribution in [3.63, 3.8) is 0 Å². The van der Waals surface area contributed by atoms with Gasteiger partial charge in [0.1, 0.15) is 0 Å². The van der Waals surface area contributed by atoms with Gasteiger partial charge in [0.15, 0.2) is 0 Å². The molecule has 0 amide bonds. The van der Waals surface area contributed by atoms with Gasteiger partial charge in [0.2, 0.25) is 17.2 Å². The average Bonchev–Trinajstić information content (AvgIpc) is 2.74. The molecule has 0 unspecified atom stereocenters. The van der Waals surface area contributed by atoms with Crippen LogP contribution in [0.4, 0.5) is 11.9 Å². The minimum atomic E-state index is 0.168. The molecule has 2 N–H and O–H groups in total. The molecule has 0 spiro atoms. The predicted molar refractivity (Wildman–Crippen MR) is 73.4 cm³/mol. The fourth-order valence-electron chi connectivity index (χ4n) is 1.34. The van der Waals surface area contributed by atoms with Crippen molar-refractivity contribution < 1.29 is 0 Å². The Morgan fingerprint density at radius 3 is 2.67 bits per heavy atom. The molecule has 0 radical (unpaired) electrons. The molecular formula is C10H13ClN6S. The number of aromatic nitrogens is 4. The number of thiazole rings is 1. The average molecular weight is 285 g/mol. The lowest BCUT2D eigenvalue weighted by Gasteiger charge is -2.05. The number of halogens is 1. The SMILES string of the molecule is CNc1nc(Cl)nc(NCCc2nc(C)cs2)n1. The summed E-state index contributed by atoms with van der Waals surface area (Å²) in [4.78, 5) is 16.4. The Balaban J connectivity index is 1.91. The van der Waals surface area contributed by atoms with Crippen molar-refractivity contribution in [2.75, 3.05) is 24.2 Å². The summed E-state index contributed by atoms with van der Waals surface area (Å²) in [6.45, 7) is 2.69. The third-order valence-electron chi connectivity index (χ3n) is 2.12. The highest BCUT2D eigenvalue weighted by Gasteiger charge is 2.04. The van der Waals surface area contributed by atoms with Gasteiger partial charge in [-0.05, 0) is 18.5 Å². The molecule has 0 aliphatic carbocycles. The van der Waals surface area contributed by atoms with E-state index in [1.807, 2.05) is 12.3 Å². The molecule has 0 aliphatic heterocycles. The lowest BCUT2D eigenvalue weighted by molar-refractivity contribution is 0.948. The monoisotopic (exact) mass is 284 g/mol. The first-order chi connectivity index (χ1) is 8.67. The Morgan fingerprint density at radius 1 is 1.22 bits per heavy atom. The van der Waals surface area contributed by atoms with Gasteiger partial charge in [0, 0.05) is 31.1 Å². The van der Waals surface area contributed by atoms with Crippen molar-refractivity contribution in [2.24, 2.45) is 0 Å². The van der Waals surface area contributed by atoms with Crippen LogP contribution in [0.5, 0.6) is 0 Å². The lowest BCUT2D eigenvalue weighted by atomic mass is 10.4. The Hall–Kier alpha value is -1.47. The van der Waals surface area contributed by atoms with Gasteiger partial charge in [-0.2, -0.15) is 15.0 Å². The van der Waals surface area contributed by atoms with Gasteiger partial charge in [0.25, 0.3) is 0 Å². The van der Waals surface area contributed by atoms with Crippen LogP contribution < -0.4 is 10.6 Å². The second-order valence-electron chi connectivity index (χ2n) is 3.56. The normalized spacial score (nSPS) is 10.4. The summed E-state index contributed by atoms with van der Waals surface area (Å²) in [6.07, 6.45) is 0.830. The first-order valence-corrected chi connectivity index (χ1v) is 6.67. The summed E-state index contributed by atoms with van der Waals surface area (Å²) >= 11 is 7.43. The minimum Gasteiger partial charge on any atom is -0.357 e. The molecule has 96 valence electrons. The van der Waals surface area contributed by atoms with Crippen LogP contribution >= 0.6 is 22.9 Å². The van der Waals surface area contributed by atoms with Gasteiger partial charge < -0.3 is 10.6 Å². The van der Waals surface area contributed by atoms with Gasteiger partial charge >= 0.3 is 0 Å². The molecular weight excluding hydrogens is 272 g/mol. The Kier molecular flexibility index (Phi) is 4.27. The zero-order valence-electron chi connectivity index (χ0n) is 10.1. The highest BCUT2D eigenvalue weighted by molar-refractivity contribution is 7.09. The van der Waals surface area contributed by atoms with E-state index in [0.717, 1.165) is 17.1 Å². The van der Waals surface area contributed by atoms with Crippen LogP contribution in [-0.4, -0.2) is 33.5 Å². The Morgan fingerprint density at radius 2 is 2.00 bits per heavy atom. The van der Waals surface area contributed by atoms with Gasteiger partial charge in [-0.15, -0.1) is 11.3 Å². The van der Waals surface area contributed by atoms with Crippen molar-refractivity contribution >= 4 is 34.8 Å². The number of anilines is 2. The smallest absolute Gasteiger partial charge is 0.228 e. The first-order valence-electron chi connectivity index (χ1n) is 5.41. The van der Waals surface area contributed by atoms with E-state index in [2.05, 4.69) is 30.6 Å². The van der Waals surface area contributed by atoms with Gasteiger partial charge in [-0.3, -0.25) is 0 Å². The summed E-state index contributed by atoms with van der Waals surface area (Å²) in [7, 11) is 1.73. The fourth-order valence-corrected chi connectivity index (χ4v) is 2.28. The van der Waals surface area contributed by atoms with E-state index in [1.54, 1.807) is 18.4 Å². The number of aryl methyl sites for hydroxylation is 1. The van der Waals surface area contributed by atoms with E-state index in [0.29, 0.717) is 18.4 Å². The van der Waals surface area contributed by atoms with Crippen LogP contribution in [0.1, 0.15) is 10.7 Å². The molecule has 2 aromatic heterocycles. The Bertz CT molecular complexity index is 529. The third kappa shape index (κ3) is 3.51. The third-order valence-corrected chi connectivity index (χ3v) is 3.32. The second-order valence-corrected chi connectivity index (χ2v) is 4.84. The lowest BCUT2D eigenvalue weighted by Crippen LogP contribution is -2.10. The molecule has 0 saturated carbocycles. The molecule has 2 aromatic rings. The highest BCUT2D eigenvalue weighted by Crippen LogP contribution is 2.11. The maximum absolute atomic E-state index is 5.78. The summed E-state index contributed by atoms with van der Waals surface area (Å²) in [6, 6.07) is 0. The van der Waals surface area contributed by atoms with Crippen LogP contribution in [0, 0.1) is 6.92 Å². The standard InChI is InChI=1S/C10H13ClN6S/c1-6-5-18-7(14-6)3-4-13-10-16-8(11)15-9(12-2)17-10/h5H,3-4H2,1-2H3,(H2,12,13,15,16,17). The largest absolute Gasteiger partial charge is 0.357 e. The van der Waals surface area contributed by atoms with E-state index in [-0.39, 0.29) is 5.28 Å². The zero-order chi connectivity index (χ0) is 13.0. The van der Waals surface area contributed by atoms with Crippen molar-refractivity contribution in [1.29, 1.82) is 0 Å². The van der Waals surface area contributed by atoms with Crippen molar-refractivity contribution in [3.05, 3.63) is 21.4 Å². The van der Waals surface area contributed by atoms with Gasteiger partial charge in [-0.25, -0.2) is 4.98 Å². The molecule has 2 rings (SSSR count). The molecule has 6 nitrogen and oxygen atoms in total. The van der Waals surface area contributed by atoms with Crippen LogP contribution in [0.25, 0.3) is 0 Å². The number of rotatable bonds is 5. The maximum Gasteiger partial charge on any atom is 0.228 e. The van der Waals surface area contributed by atoms with Gasteiger partial charge in [0.05, 0.1) is 5.01 Å².